The third-order valence-corrected chi connectivity index (χ3v) is 11.0. The van der Waals surface area contributed by atoms with Gasteiger partial charge in [0.1, 0.15) is 5.76 Å². The van der Waals surface area contributed by atoms with Gasteiger partial charge in [-0.15, -0.1) is 35.4 Å². The van der Waals surface area contributed by atoms with E-state index in [1.807, 2.05) is 72.0 Å². The Kier molecular flexibility index (Phi) is 11.0. The van der Waals surface area contributed by atoms with Crippen molar-refractivity contribution in [3.05, 3.63) is 204 Å². The fourth-order valence-electron chi connectivity index (χ4n) is 7.97. The van der Waals surface area contributed by atoms with Gasteiger partial charge in [0.15, 0.2) is 5.78 Å². The second-order valence-electron chi connectivity index (χ2n) is 16.9. The monoisotopic (exact) mass is 936 g/mol. The Labute approximate surface area is 355 Å². The summed E-state index contributed by atoms with van der Waals surface area (Å²) < 4.78 is 2.49. The Hall–Kier alpha value is -5.87. The van der Waals surface area contributed by atoms with Gasteiger partial charge in [0.25, 0.3) is 0 Å². The maximum atomic E-state index is 11.5. The molecule has 0 spiro atoms. The number of aliphatic hydroxyl groups is 1. The molecule has 0 saturated heterocycles. The predicted molar refractivity (Wildman–Crippen MR) is 235 cm³/mol. The SMILES string of the molecule is CC(C)(C)C(=O)C=C(O)C(C)(C)C.[Ir].[c-]1ccc(-c2cc3c4c(c2)c2ccccc2n4-c2ccccc2C3(c2ccccc2)c2ccccc2)cc1-c1ccccn1. The van der Waals surface area contributed by atoms with Crippen molar-refractivity contribution in [3.63, 3.8) is 0 Å². The molecule has 0 fully saturated rings. The summed E-state index contributed by atoms with van der Waals surface area (Å²) in [7, 11) is 0. The van der Waals surface area contributed by atoms with Crippen LogP contribution in [0.15, 0.2) is 176 Å². The molecule has 6 aromatic carbocycles. The second-order valence-corrected chi connectivity index (χ2v) is 16.9. The average Bonchev–Trinajstić information content (AvgIpc) is 3.56. The molecule has 0 saturated carbocycles. The van der Waals surface area contributed by atoms with Crippen LogP contribution in [0.5, 0.6) is 0 Å². The normalized spacial score (nSPS) is 13.2. The number of pyridine rings is 1. The third kappa shape index (κ3) is 7.15. The number of aromatic nitrogens is 2. The molecule has 1 radical (unpaired) electrons. The van der Waals surface area contributed by atoms with E-state index in [-0.39, 0.29) is 37.1 Å². The fraction of sp³-hybridized carbons (Fsp3) is 0.170. The molecular weight excluding hydrogens is 889 g/mol. The molecule has 0 amide bonds. The Morgan fingerprint density at radius 2 is 1.28 bits per heavy atom. The summed E-state index contributed by atoms with van der Waals surface area (Å²) in [5, 5.41) is 12.1. The number of para-hydroxylation sites is 2. The van der Waals surface area contributed by atoms with Crippen LogP contribution in [0.2, 0.25) is 0 Å². The van der Waals surface area contributed by atoms with E-state index in [2.05, 4.69) is 149 Å². The van der Waals surface area contributed by atoms with E-state index in [0.29, 0.717) is 0 Å². The standard InChI is InChI=1S/C42H27N2.C11H20O2.Ir/c1-3-16-32(17-4-1)42(33-18-5-2-6-19-33)36-21-8-10-24-40(36)44-39-23-9-7-20-34(39)35-27-31(28-37(42)41(35)44)29-14-13-15-30(26-29)38-22-11-12-25-43-38;1-10(2,3)8(12)7-9(13)11(4,5)6;/h1-14,16-28H;7,12H,1-6H3;/q-1;;. The number of hydrogen-bond acceptors (Lipinski definition) is 3. The number of benzene rings is 6. The molecule has 1 N–H and O–H groups in total. The summed E-state index contributed by atoms with van der Waals surface area (Å²) in [6, 6.07) is 60.5. The maximum Gasteiger partial charge on any atom is 0.164 e. The van der Waals surface area contributed by atoms with Crippen LogP contribution in [0.25, 0.3) is 49.9 Å². The molecular formula is C53H47IrN2O2-. The first-order valence-electron chi connectivity index (χ1n) is 19.6. The summed E-state index contributed by atoms with van der Waals surface area (Å²) >= 11 is 0. The molecule has 0 bridgehead atoms. The molecule has 8 aromatic rings. The van der Waals surface area contributed by atoms with Crippen molar-refractivity contribution in [1.29, 1.82) is 0 Å². The van der Waals surface area contributed by atoms with Gasteiger partial charge in [-0.1, -0.05) is 151 Å². The Morgan fingerprint density at radius 3 is 1.91 bits per heavy atom. The van der Waals surface area contributed by atoms with Gasteiger partial charge in [-0.05, 0) is 63.8 Å². The minimum atomic E-state index is -0.525. The maximum absolute atomic E-state index is 11.5. The van der Waals surface area contributed by atoms with Gasteiger partial charge in [-0.3, -0.25) is 4.79 Å². The van der Waals surface area contributed by atoms with Gasteiger partial charge < -0.3 is 14.7 Å². The molecule has 3 heterocycles. The number of carbonyl (C=O) groups excluding carboxylic acids is 1. The average molecular weight is 936 g/mol. The fourth-order valence-corrected chi connectivity index (χ4v) is 7.97. The molecule has 291 valence electrons. The van der Waals surface area contributed by atoms with E-state index in [1.165, 1.54) is 61.4 Å². The number of carbonyl (C=O) groups is 1. The van der Waals surface area contributed by atoms with Crippen molar-refractivity contribution in [2.24, 2.45) is 10.8 Å². The van der Waals surface area contributed by atoms with Crippen molar-refractivity contribution in [3.8, 4) is 28.1 Å². The first kappa shape index (κ1) is 40.3. The van der Waals surface area contributed by atoms with Crippen LogP contribution in [0, 0.1) is 16.9 Å². The molecule has 1 aliphatic rings. The van der Waals surface area contributed by atoms with Crippen LogP contribution in [0.3, 0.4) is 0 Å². The van der Waals surface area contributed by atoms with E-state index < -0.39 is 10.8 Å². The zero-order chi connectivity index (χ0) is 40.0. The molecule has 0 unspecified atom stereocenters. The van der Waals surface area contributed by atoms with E-state index in [0.717, 1.165) is 16.8 Å². The van der Waals surface area contributed by atoms with Crippen molar-refractivity contribution in [2.45, 2.75) is 47.0 Å². The van der Waals surface area contributed by atoms with Gasteiger partial charge in [-0.25, -0.2) is 0 Å². The molecule has 58 heavy (non-hydrogen) atoms. The van der Waals surface area contributed by atoms with Gasteiger partial charge in [0.2, 0.25) is 0 Å². The number of nitrogens with zero attached hydrogens (tertiary/aromatic N) is 2. The van der Waals surface area contributed by atoms with E-state index >= 15 is 0 Å². The number of rotatable bonds is 5. The van der Waals surface area contributed by atoms with E-state index in [9.17, 15) is 9.90 Å². The van der Waals surface area contributed by atoms with E-state index in [4.69, 9.17) is 0 Å². The molecule has 5 heteroatoms. The summed E-state index contributed by atoms with van der Waals surface area (Å²) in [6.45, 7) is 11.1. The van der Waals surface area contributed by atoms with Crippen molar-refractivity contribution < 1.29 is 30.0 Å². The van der Waals surface area contributed by atoms with Crippen LogP contribution in [0.4, 0.5) is 0 Å². The van der Waals surface area contributed by atoms with Gasteiger partial charge in [0, 0.05) is 54.0 Å². The van der Waals surface area contributed by atoms with Crippen LogP contribution in [0.1, 0.15) is 63.8 Å². The first-order chi connectivity index (χ1) is 27.4. The first-order valence-corrected chi connectivity index (χ1v) is 19.6. The zero-order valence-electron chi connectivity index (χ0n) is 33.7. The molecule has 0 atom stereocenters. The largest absolute Gasteiger partial charge is 0.512 e. The molecule has 4 nitrogen and oxygen atoms in total. The minimum Gasteiger partial charge on any atom is -0.512 e. The number of allylic oxidation sites excluding steroid dienone is 2. The molecule has 2 aromatic heterocycles. The van der Waals surface area contributed by atoms with Crippen molar-refractivity contribution in [2.75, 3.05) is 0 Å². The van der Waals surface area contributed by atoms with Crippen LogP contribution in [-0.2, 0) is 30.3 Å². The number of ketones is 1. The summed E-state index contributed by atoms with van der Waals surface area (Å²) in [5.74, 6) is 0.104. The number of aliphatic hydroxyl groups excluding tert-OH is 1. The van der Waals surface area contributed by atoms with Gasteiger partial charge in [0.05, 0.1) is 22.1 Å². The predicted octanol–water partition coefficient (Wildman–Crippen LogP) is 13.1. The topological polar surface area (TPSA) is 55.1 Å². The number of hydrogen-bond donors (Lipinski definition) is 1. The van der Waals surface area contributed by atoms with Crippen molar-refractivity contribution in [1.82, 2.24) is 9.55 Å². The third-order valence-electron chi connectivity index (χ3n) is 11.0. The van der Waals surface area contributed by atoms with Crippen molar-refractivity contribution >= 4 is 27.6 Å². The summed E-state index contributed by atoms with van der Waals surface area (Å²) in [6.07, 6.45) is 3.17. The Morgan fingerprint density at radius 1 is 0.655 bits per heavy atom. The zero-order valence-corrected chi connectivity index (χ0v) is 36.1. The summed E-state index contributed by atoms with van der Waals surface area (Å²) in [5.41, 5.74) is 11.7. The summed E-state index contributed by atoms with van der Waals surface area (Å²) in [4.78, 5) is 16.1. The smallest absolute Gasteiger partial charge is 0.164 e. The van der Waals surface area contributed by atoms with Crippen LogP contribution >= 0.6 is 0 Å². The van der Waals surface area contributed by atoms with Crippen LogP contribution < -0.4 is 0 Å². The minimum absolute atomic E-state index is 0. The Balaban J connectivity index is 0.000000318. The van der Waals surface area contributed by atoms with Gasteiger partial charge in [-0.2, -0.15) is 0 Å². The number of fused-ring (bicyclic) bond motifs is 5. The van der Waals surface area contributed by atoms with E-state index in [1.54, 1.807) is 0 Å². The molecule has 1 aliphatic heterocycles. The second kappa shape index (κ2) is 15.8. The van der Waals surface area contributed by atoms with Crippen LogP contribution in [-0.4, -0.2) is 20.4 Å². The van der Waals surface area contributed by atoms with Gasteiger partial charge >= 0.3 is 0 Å². The Bertz CT molecular complexity index is 2730. The quantitative estimate of drug-likeness (QED) is 0.106. The molecule has 9 rings (SSSR count). The molecule has 0 aliphatic carbocycles.